The summed E-state index contributed by atoms with van der Waals surface area (Å²) in [6.45, 7) is 2.38. The van der Waals surface area contributed by atoms with Crippen LogP contribution in [0.4, 0.5) is 0 Å². The fourth-order valence-corrected chi connectivity index (χ4v) is 3.51. The third kappa shape index (κ3) is 2.54. The molecular formula is C13H18S. The van der Waals surface area contributed by atoms with Crippen molar-refractivity contribution in [1.82, 2.24) is 0 Å². The SMILES string of the molecule is CC1SCCC1CCc1ccccc1. The molecule has 1 aliphatic heterocycles. The lowest BCUT2D eigenvalue weighted by Crippen LogP contribution is -2.08. The highest BCUT2D eigenvalue weighted by atomic mass is 32.2. The molecule has 0 aliphatic carbocycles. The maximum atomic E-state index is 2.38. The molecule has 76 valence electrons. The molecule has 0 aromatic heterocycles. The summed E-state index contributed by atoms with van der Waals surface area (Å²) in [7, 11) is 0. The Bertz CT molecular complexity index is 268. The first-order valence-corrected chi connectivity index (χ1v) is 6.56. The van der Waals surface area contributed by atoms with Gasteiger partial charge in [0.15, 0.2) is 0 Å². The van der Waals surface area contributed by atoms with Gasteiger partial charge < -0.3 is 0 Å². The third-order valence-corrected chi connectivity index (χ3v) is 4.56. The summed E-state index contributed by atoms with van der Waals surface area (Å²) < 4.78 is 0. The van der Waals surface area contributed by atoms with E-state index in [1.54, 1.807) is 0 Å². The van der Waals surface area contributed by atoms with Crippen LogP contribution in [0.5, 0.6) is 0 Å². The molecule has 2 rings (SSSR count). The number of aryl methyl sites for hydroxylation is 1. The van der Waals surface area contributed by atoms with Gasteiger partial charge in [-0.25, -0.2) is 0 Å². The van der Waals surface area contributed by atoms with Crippen LogP contribution in [0.25, 0.3) is 0 Å². The minimum absolute atomic E-state index is 0.888. The highest BCUT2D eigenvalue weighted by Gasteiger charge is 2.23. The highest BCUT2D eigenvalue weighted by Crippen LogP contribution is 2.34. The normalized spacial score (nSPS) is 26.6. The number of rotatable bonds is 3. The molecule has 0 N–H and O–H groups in total. The van der Waals surface area contributed by atoms with Gasteiger partial charge in [0.1, 0.15) is 0 Å². The van der Waals surface area contributed by atoms with Crippen molar-refractivity contribution in [2.45, 2.75) is 31.4 Å². The molecular weight excluding hydrogens is 188 g/mol. The van der Waals surface area contributed by atoms with Crippen LogP contribution in [0.1, 0.15) is 25.3 Å². The summed E-state index contributed by atoms with van der Waals surface area (Å²) in [6.07, 6.45) is 4.06. The van der Waals surface area contributed by atoms with E-state index in [0.717, 1.165) is 11.2 Å². The molecule has 2 atom stereocenters. The van der Waals surface area contributed by atoms with Crippen LogP contribution < -0.4 is 0 Å². The van der Waals surface area contributed by atoms with Gasteiger partial charge in [0, 0.05) is 5.25 Å². The van der Waals surface area contributed by atoms with Gasteiger partial charge in [-0.3, -0.25) is 0 Å². The number of hydrogen-bond acceptors (Lipinski definition) is 1. The van der Waals surface area contributed by atoms with E-state index in [1.807, 2.05) is 0 Å². The average molecular weight is 206 g/mol. The average Bonchev–Trinajstić information content (AvgIpc) is 2.63. The molecule has 14 heavy (non-hydrogen) atoms. The highest BCUT2D eigenvalue weighted by molar-refractivity contribution is 8.00. The Morgan fingerprint density at radius 1 is 1.29 bits per heavy atom. The first-order valence-electron chi connectivity index (χ1n) is 5.52. The quantitative estimate of drug-likeness (QED) is 0.725. The van der Waals surface area contributed by atoms with Crippen LogP contribution in [0.2, 0.25) is 0 Å². The maximum Gasteiger partial charge on any atom is 0.00474 e. The Kier molecular flexibility index (Phi) is 3.52. The molecule has 1 heteroatoms. The van der Waals surface area contributed by atoms with E-state index in [1.165, 1.54) is 30.6 Å². The van der Waals surface area contributed by atoms with Crippen molar-refractivity contribution in [3.8, 4) is 0 Å². The van der Waals surface area contributed by atoms with Crippen molar-refractivity contribution in [3.63, 3.8) is 0 Å². The van der Waals surface area contributed by atoms with Gasteiger partial charge in [-0.05, 0) is 36.5 Å². The topological polar surface area (TPSA) is 0 Å². The van der Waals surface area contributed by atoms with Gasteiger partial charge in [0.25, 0.3) is 0 Å². The predicted octanol–water partition coefficient (Wildman–Crippen LogP) is 3.76. The molecule has 0 radical (unpaired) electrons. The molecule has 0 bridgehead atoms. The fraction of sp³-hybridized carbons (Fsp3) is 0.538. The van der Waals surface area contributed by atoms with Gasteiger partial charge in [0.05, 0.1) is 0 Å². The summed E-state index contributed by atoms with van der Waals surface area (Å²) in [5, 5.41) is 0.888. The first-order chi connectivity index (χ1) is 6.86. The Labute approximate surface area is 91.1 Å². The van der Waals surface area contributed by atoms with Crippen LogP contribution in [0.15, 0.2) is 30.3 Å². The molecule has 1 fully saturated rings. The molecule has 1 aliphatic rings. The van der Waals surface area contributed by atoms with Crippen LogP contribution in [0, 0.1) is 5.92 Å². The van der Waals surface area contributed by atoms with E-state index in [4.69, 9.17) is 0 Å². The van der Waals surface area contributed by atoms with E-state index in [-0.39, 0.29) is 0 Å². The molecule has 0 nitrogen and oxygen atoms in total. The zero-order valence-electron chi connectivity index (χ0n) is 8.78. The van der Waals surface area contributed by atoms with Crippen molar-refractivity contribution in [2.24, 2.45) is 5.92 Å². The minimum Gasteiger partial charge on any atom is -0.159 e. The molecule has 1 saturated heterocycles. The van der Waals surface area contributed by atoms with E-state index in [2.05, 4.69) is 49.0 Å². The zero-order chi connectivity index (χ0) is 9.80. The van der Waals surface area contributed by atoms with Crippen LogP contribution in [-0.2, 0) is 6.42 Å². The van der Waals surface area contributed by atoms with E-state index in [9.17, 15) is 0 Å². The summed E-state index contributed by atoms with van der Waals surface area (Å²) >= 11 is 2.14. The van der Waals surface area contributed by atoms with E-state index >= 15 is 0 Å². The Morgan fingerprint density at radius 3 is 2.71 bits per heavy atom. The van der Waals surface area contributed by atoms with Gasteiger partial charge in [0.2, 0.25) is 0 Å². The maximum absolute atomic E-state index is 2.38. The fourth-order valence-electron chi connectivity index (χ4n) is 2.15. The molecule has 1 heterocycles. The van der Waals surface area contributed by atoms with Crippen LogP contribution in [-0.4, -0.2) is 11.0 Å². The summed E-state index contributed by atoms with van der Waals surface area (Å²) in [4.78, 5) is 0. The predicted molar refractivity (Wildman–Crippen MR) is 64.8 cm³/mol. The summed E-state index contributed by atoms with van der Waals surface area (Å²) in [6, 6.07) is 10.9. The lowest BCUT2D eigenvalue weighted by molar-refractivity contribution is 0.490. The monoisotopic (exact) mass is 206 g/mol. The van der Waals surface area contributed by atoms with Gasteiger partial charge >= 0.3 is 0 Å². The molecule has 0 saturated carbocycles. The smallest absolute Gasteiger partial charge is 0.00474 e. The second-order valence-electron chi connectivity index (χ2n) is 4.15. The second-order valence-corrected chi connectivity index (χ2v) is 5.63. The molecule has 1 aromatic carbocycles. The first kappa shape index (κ1) is 10.1. The van der Waals surface area contributed by atoms with Crippen LogP contribution >= 0.6 is 11.8 Å². The van der Waals surface area contributed by atoms with Gasteiger partial charge in [-0.2, -0.15) is 11.8 Å². The lowest BCUT2D eigenvalue weighted by Gasteiger charge is -2.13. The molecule has 2 unspecified atom stereocenters. The van der Waals surface area contributed by atoms with Gasteiger partial charge in [-0.1, -0.05) is 37.3 Å². The van der Waals surface area contributed by atoms with Crippen molar-refractivity contribution >= 4 is 11.8 Å². The number of hydrogen-bond donors (Lipinski definition) is 0. The van der Waals surface area contributed by atoms with Gasteiger partial charge in [-0.15, -0.1) is 0 Å². The zero-order valence-corrected chi connectivity index (χ0v) is 9.59. The van der Waals surface area contributed by atoms with Crippen molar-refractivity contribution < 1.29 is 0 Å². The summed E-state index contributed by atoms with van der Waals surface area (Å²) in [5.74, 6) is 2.33. The largest absolute Gasteiger partial charge is 0.159 e. The minimum atomic E-state index is 0.888. The van der Waals surface area contributed by atoms with Crippen molar-refractivity contribution in [3.05, 3.63) is 35.9 Å². The van der Waals surface area contributed by atoms with Crippen molar-refractivity contribution in [2.75, 3.05) is 5.75 Å². The van der Waals surface area contributed by atoms with Crippen molar-refractivity contribution in [1.29, 1.82) is 0 Å². The molecule has 0 amide bonds. The molecule has 0 spiro atoms. The number of benzene rings is 1. The standard InChI is InChI=1S/C13H18S/c1-11-13(9-10-14-11)8-7-12-5-3-2-4-6-12/h2-6,11,13H,7-10H2,1H3. The Morgan fingerprint density at radius 2 is 2.07 bits per heavy atom. The Balaban J connectivity index is 1.82. The lowest BCUT2D eigenvalue weighted by atomic mass is 9.95. The van der Waals surface area contributed by atoms with E-state index in [0.29, 0.717) is 0 Å². The van der Waals surface area contributed by atoms with Crippen LogP contribution in [0.3, 0.4) is 0 Å². The third-order valence-electron chi connectivity index (χ3n) is 3.18. The Hall–Kier alpha value is -0.430. The number of thioether (sulfide) groups is 1. The second kappa shape index (κ2) is 4.88. The summed E-state index contributed by atoms with van der Waals surface area (Å²) in [5.41, 5.74) is 1.50. The molecule has 1 aromatic rings. The van der Waals surface area contributed by atoms with E-state index < -0.39 is 0 Å².